The fourth-order valence-corrected chi connectivity index (χ4v) is 1.40. The van der Waals surface area contributed by atoms with Gasteiger partial charge in [-0.2, -0.15) is 0 Å². The summed E-state index contributed by atoms with van der Waals surface area (Å²) in [7, 11) is 1.57. The van der Waals surface area contributed by atoms with Crippen molar-refractivity contribution in [2.24, 2.45) is 0 Å². The monoisotopic (exact) mass is 209 g/mol. The normalized spacial score (nSPS) is 10.0. The van der Waals surface area contributed by atoms with Crippen molar-refractivity contribution in [3.05, 3.63) is 23.4 Å². The molecular weight excluding hydrogens is 194 g/mol. The lowest BCUT2D eigenvalue weighted by atomic mass is 10.1. The molecule has 0 aliphatic carbocycles. The van der Waals surface area contributed by atoms with Gasteiger partial charge in [0.1, 0.15) is 0 Å². The Kier molecular flexibility index (Phi) is 4.09. The number of hydrogen-bond donors (Lipinski definition) is 1. The number of carbonyl (C=O) groups is 1. The van der Waals surface area contributed by atoms with Gasteiger partial charge >= 0.3 is 5.97 Å². The molecular formula is C11H15NO3. The molecule has 15 heavy (non-hydrogen) atoms. The van der Waals surface area contributed by atoms with Crippen LogP contribution < -0.4 is 4.74 Å². The Labute approximate surface area is 88.9 Å². The molecule has 1 heterocycles. The average Bonchev–Trinajstić information content (AvgIpc) is 2.16. The highest BCUT2D eigenvalue weighted by molar-refractivity contribution is 5.66. The molecule has 0 amide bonds. The summed E-state index contributed by atoms with van der Waals surface area (Å²) in [5.41, 5.74) is 1.96. The first-order chi connectivity index (χ1) is 7.11. The average molecular weight is 209 g/mol. The molecule has 4 heteroatoms. The van der Waals surface area contributed by atoms with E-state index in [0.717, 1.165) is 17.7 Å². The Bertz CT molecular complexity index is 350. The van der Waals surface area contributed by atoms with Crippen LogP contribution in [0.25, 0.3) is 0 Å². The third kappa shape index (κ3) is 3.97. The van der Waals surface area contributed by atoms with Crippen molar-refractivity contribution in [2.45, 2.75) is 26.2 Å². The lowest BCUT2D eigenvalue weighted by molar-refractivity contribution is -0.137. The standard InChI is InChI=1S/C11H15NO3/c1-8-6-9(4-3-5-11(13)14)7-10(12-8)15-2/h6-7H,3-5H2,1-2H3,(H,13,14). The molecule has 0 saturated heterocycles. The zero-order chi connectivity index (χ0) is 11.3. The van der Waals surface area contributed by atoms with Crippen molar-refractivity contribution in [1.29, 1.82) is 0 Å². The summed E-state index contributed by atoms with van der Waals surface area (Å²) < 4.78 is 5.04. The van der Waals surface area contributed by atoms with Crippen LogP contribution in [0.2, 0.25) is 0 Å². The molecule has 1 rings (SSSR count). The second-order valence-electron chi connectivity index (χ2n) is 3.41. The summed E-state index contributed by atoms with van der Waals surface area (Å²) in [6.07, 6.45) is 1.58. The van der Waals surface area contributed by atoms with Crippen molar-refractivity contribution in [3.8, 4) is 5.88 Å². The molecule has 0 atom stereocenters. The van der Waals surface area contributed by atoms with Crippen LogP contribution in [0.4, 0.5) is 0 Å². The minimum atomic E-state index is -0.757. The number of methoxy groups -OCH3 is 1. The molecule has 0 unspecified atom stereocenters. The van der Waals surface area contributed by atoms with E-state index in [1.54, 1.807) is 7.11 Å². The largest absolute Gasteiger partial charge is 0.481 e. The van der Waals surface area contributed by atoms with Crippen LogP contribution in [0.5, 0.6) is 5.88 Å². The Balaban J connectivity index is 2.60. The van der Waals surface area contributed by atoms with Crippen LogP contribution in [0.1, 0.15) is 24.1 Å². The Morgan fingerprint density at radius 2 is 2.27 bits per heavy atom. The Hall–Kier alpha value is -1.58. The number of pyridine rings is 1. The summed E-state index contributed by atoms with van der Waals surface area (Å²) in [6.45, 7) is 1.89. The van der Waals surface area contributed by atoms with Crippen LogP contribution >= 0.6 is 0 Å². The van der Waals surface area contributed by atoms with Crippen LogP contribution in [-0.4, -0.2) is 23.2 Å². The Morgan fingerprint density at radius 3 is 2.87 bits per heavy atom. The highest BCUT2D eigenvalue weighted by Crippen LogP contribution is 2.14. The zero-order valence-corrected chi connectivity index (χ0v) is 8.99. The first-order valence-electron chi connectivity index (χ1n) is 4.85. The number of nitrogens with zero attached hydrogens (tertiary/aromatic N) is 1. The van der Waals surface area contributed by atoms with Gasteiger partial charge in [0.2, 0.25) is 5.88 Å². The van der Waals surface area contributed by atoms with Gasteiger partial charge in [0.15, 0.2) is 0 Å². The number of carboxylic acids is 1. The topological polar surface area (TPSA) is 59.4 Å². The van der Waals surface area contributed by atoms with E-state index in [4.69, 9.17) is 9.84 Å². The molecule has 0 radical (unpaired) electrons. The van der Waals surface area contributed by atoms with E-state index < -0.39 is 5.97 Å². The van der Waals surface area contributed by atoms with E-state index in [1.807, 2.05) is 19.1 Å². The van der Waals surface area contributed by atoms with Crippen LogP contribution in [0.15, 0.2) is 12.1 Å². The predicted octanol–water partition coefficient (Wildman–Crippen LogP) is 1.81. The van der Waals surface area contributed by atoms with Crippen molar-refractivity contribution in [2.75, 3.05) is 7.11 Å². The number of aromatic nitrogens is 1. The molecule has 4 nitrogen and oxygen atoms in total. The fourth-order valence-electron chi connectivity index (χ4n) is 1.40. The van der Waals surface area contributed by atoms with Gasteiger partial charge in [0.05, 0.1) is 7.11 Å². The van der Waals surface area contributed by atoms with Crippen molar-refractivity contribution in [3.63, 3.8) is 0 Å². The van der Waals surface area contributed by atoms with Gasteiger partial charge in [-0.25, -0.2) is 4.98 Å². The molecule has 0 bridgehead atoms. The number of aliphatic carboxylic acids is 1. The maximum absolute atomic E-state index is 10.3. The maximum Gasteiger partial charge on any atom is 0.303 e. The van der Waals surface area contributed by atoms with Crippen LogP contribution in [0, 0.1) is 6.92 Å². The fraction of sp³-hybridized carbons (Fsp3) is 0.455. The number of rotatable bonds is 5. The molecule has 0 fully saturated rings. The second kappa shape index (κ2) is 5.34. The number of hydrogen-bond acceptors (Lipinski definition) is 3. The first-order valence-corrected chi connectivity index (χ1v) is 4.85. The first kappa shape index (κ1) is 11.5. The highest BCUT2D eigenvalue weighted by atomic mass is 16.5. The van der Waals surface area contributed by atoms with E-state index in [1.165, 1.54) is 0 Å². The molecule has 0 spiro atoms. The molecule has 0 saturated carbocycles. The van der Waals surface area contributed by atoms with Gasteiger partial charge in [-0.05, 0) is 31.4 Å². The van der Waals surface area contributed by atoms with E-state index in [9.17, 15) is 4.79 Å². The van der Waals surface area contributed by atoms with Crippen molar-refractivity contribution >= 4 is 5.97 Å². The highest BCUT2D eigenvalue weighted by Gasteiger charge is 2.02. The van der Waals surface area contributed by atoms with Crippen molar-refractivity contribution in [1.82, 2.24) is 4.98 Å². The summed E-state index contributed by atoms with van der Waals surface area (Å²) in [5.74, 6) is -0.173. The number of aryl methyl sites for hydroxylation is 2. The predicted molar refractivity (Wildman–Crippen MR) is 56.1 cm³/mol. The lowest BCUT2D eigenvalue weighted by Crippen LogP contribution is -1.97. The van der Waals surface area contributed by atoms with Crippen LogP contribution in [-0.2, 0) is 11.2 Å². The summed E-state index contributed by atoms with van der Waals surface area (Å²) >= 11 is 0. The second-order valence-corrected chi connectivity index (χ2v) is 3.41. The molecule has 0 aromatic carbocycles. The Morgan fingerprint density at radius 1 is 1.53 bits per heavy atom. The molecule has 1 aromatic rings. The molecule has 0 aliphatic rings. The molecule has 0 aliphatic heterocycles. The van der Waals surface area contributed by atoms with E-state index in [0.29, 0.717) is 12.3 Å². The van der Waals surface area contributed by atoms with Gasteiger partial charge in [-0.3, -0.25) is 4.79 Å². The third-order valence-corrected chi connectivity index (χ3v) is 2.05. The third-order valence-electron chi connectivity index (χ3n) is 2.05. The van der Waals surface area contributed by atoms with E-state index in [-0.39, 0.29) is 6.42 Å². The number of ether oxygens (including phenoxy) is 1. The smallest absolute Gasteiger partial charge is 0.303 e. The van der Waals surface area contributed by atoms with Gasteiger partial charge in [-0.15, -0.1) is 0 Å². The van der Waals surface area contributed by atoms with E-state index >= 15 is 0 Å². The SMILES string of the molecule is COc1cc(CCCC(=O)O)cc(C)n1. The molecule has 1 aromatic heterocycles. The van der Waals surface area contributed by atoms with Crippen molar-refractivity contribution < 1.29 is 14.6 Å². The van der Waals surface area contributed by atoms with Gasteiger partial charge in [0, 0.05) is 18.2 Å². The summed E-state index contributed by atoms with van der Waals surface area (Å²) in [4.78, 5) is 14.5. The maximum atomic E-state index is 10.3. The number of carboxylic acid groups (broad SMARTS) is 1. The van der Waals surface area contributed by atoms with Gasteiger partial charge < -0.3 is 9.84 Å². The van der Waals surface area contributed by atoms with Gasteiger partial charge in [0.25, 0.3) is 0 Å². The summed E-state index contributed by atoms with van der Waals surface area (Å²) in [5, 5.41) is 8.51. The molecule has 82 valence electrons. The zero-order valence-electron chi connectivity index (χ0n) is 8.99. The minimum absolute atomic E-state index is 0.198. The summed E-state index contributed by atoms with van der Waals surface area (Å²) in [6, 6.07) is 3.79. The quantitative estimate of drug-likeness (QED) is 0.803. The van der Waals surface area contributed by atoms with Gasteiger partial charge in [-0.1, -0.05) is 0 Å². The minimum Gasteiger partial charge on any atom is -0.481 e. The van der Waals surface area contributed by atoms with E-state index in [2.05, 4.69) is 4.98 Å². The molecule has 1 N–H and O–H groups in total. The lowest BCUT2D eigenvalue weighted by Gasteiger charge is -2.04. The van der Waals surface area contributed by atoms with Crippen LogP contribution in [0.3, 0.4) is 0 Å².